The number of rotatable bonds is 1. The molecule has 11 heavy (non-hydrogen) atoms. The van der Waals surface area contributed by atoms with Crippen LogP contribution in [0.5, 0.6) is 0 Å². The van der Waals surface area contributed by atoms with Gasteiger partial charge < -0.3 is 11.1 Å². The zero-order valence-electron chi connectivity index (χ0n) is 7.34. The summed E-state index contributed by atoms with van der Waals surface area (Å²) in [6.45, 7) is 6.67. The van der Waals surface area contributed by atoms with Crippen LogP contribution < -0.4 is 11.1 Å². The molecule has 0 aromatic rings. The Kier molecular flexibility index (Phi) is 5.06. The van der Waals surface area contributed by atoms with Gasteiger partial charge in [-0.1, -0.05) is 13.8 Å². The van der Waals surface area contributed by atoms with E-state index >= 15 is 0 Å². The summed E-state index contributed by atoms with van der Waals surface area (Å²) < 4.78 is 0. The van der Waals surface area contributed by atoms with Crippen molar-refractivity contribution in [2.45, 2.75) is 26.3 Å². The van der Waals surface area contributed by atoms with Crippen LogP contribution in [0.15, 0.2) is 0 Å². The van der Waals surface area contributed by atoms with E-state index in [4.69, 9.17) is 5.73 Å². The third kappa shape index (κ3) is 2.97. The van der Waals surface area contributed by atoms with Gasteiger partial charge in [-0.2, -0.15) is 0 Å². The number of hydrogen-bond acceptors (Lipinski definition) is 2. The maximum absolute atomic E-state index is 5.92. The molecule has 1 heterocycles. The molecule has 0 bridgehead atoms. The average Bonchev–Trinajstić information content (AvgIpc) is 1.88. The predicted molar refractivity (Wildman–Crippen MR) is 51.0 cm³/mol. The Hall–Kier alpha value is 0.210. The van der Waals surface area contributed by atoms with Crippen molar-refractivity contribution in [1.29, 1.82) is 0 Å². The van der Waals surface area contributed by atoms with E-state index in [-0.39, 0.29) is 12.4 Å². The fourth-order valence-electron chi connectivity index (χ4n) is 1.73. The zero-order valence-corrected chi connectivity index (χ0v) is 8.16. The van der Waals surface area contributed by atoms with E-state index in [1.54, 1.807) is 0 Å². The highest BCUT2D eigenvalue weighted by Crippen LogP contribution is 2.19. The van der Waals surface area contributed by atoms with Gasteiger partial charge in [-0.3, -0.25) is 0 Å². The molecule has 0 aliphatic carbocycles. The normalized spacial score (nSPS) is 31.6. The molecule has 3 heteroatoms. The van der Waals surface area contributed by atoms with Gasteiger partial charge >= 0.3 is 0 Å². The summed E-state index contributed by atoms with van der Waals surface area (Å²) in [4.78, 5) is 0. The molecule has 2 nitrogen and oxygen atoms in total. The molecule has 2 unspecified atom stereocenters. The summed E-state index contributed by atoms with van der Waals surface area (Å²) in [7, 11) is 0. The quantitative estimate of drug-likeness (QED) is 0.629. The summed E-state index contributed by atoms with van der Waals surface area (Å²) in [6.07, 6.45) is 1.25. The van der Waals surface area contributed by atoms with Gasteiger partial charge in [-0.05, 0) is 24.8 Å². The monoisotopic (exact) mass is 178 g/mol. The fourth-order valence-corrected chi connectivity index (χ4v) is 1.73. The molecule has 2 atom stereocenters. The van der Waals surface area contributed by atoms with Crippen LogP contribution >= 0.6 is 12.4 Å². The van der Waals surface area contributed by atoms with Crippen molar-refractivity contribution >= 4 is 12.4 Å². The molecular weight excluding hydrogens is 160 g/mol. The SMILES string of the molecule is CC(C)C1CCNCC1N.Cl. The third-order valence-electron chi connectivity index (χ3n) is 2.44. The van der Waals surface area contributed by atoms with E-state index < -0.39 is 0 Å². The summed E-state index contributed by atoms with van der Waals surface area (Å²) in [5.74, 6) is 1.48. The topological polar surface area (TPSA) is 38.0 Å². The van der Waals surface area contributed by atoms with Crippen molar-refractivity contribution < 1.29 is 0 Å². The van der Waals surface area contributed by atoms with Gasteiger partial charge in [0.25, 0.3) is 0 Å². The second-order valence-electron chi connectivity index (χ2n) is 3.56. The zero-order chi connectivity index (χ0) is 7.56. The molecule has 1 rings (SSSR count). The van der Waals surface area contributed by atoms with Gasteiger partial charge in [0.2, 0.25) is 0 Å². The summed E-state index contributed by atoms with van der Waals surface area (Å²) in [5.41, 5.74) is 5.92. The van der Waals surface area contributed by atoms with Crippen LogP contribution in [0.4, 0.5) is 0 Å². The van der Waals surface area contributed by atoms with Crippen molar-refractivity contribution in [1.82, 2.24) is 5.32 Å². The molecule has 0 radical (unpaired) electrons. The first-order valence-corrected chi connectivity index (χ1v) is 4.18. The summed E-state index contributed by atoms with van der Waals surface area (Å²) in [6, 6.07) is 0.383. The lowest BCUT2D eigenvalue weighted by molar-refractivity contribution is 0.253. The minimum Gasteiger partial charge on any atom is -0.326 e. The Morgan fingerprint density at radius 3 is 2.45 bits per heavy atom. The Morgan fingerprint density at radius 2 is 2.09 bits per heavy atom. The van der Waals surface area contributed by atoms with Crippen molar-refractivity contribution in [3.63, 3.8) is 0 Å². The lowest BCUT2D eigenvalue weighted by atomic mass is 9.84. The highest BCUT2D eigenvalue weighted by Gasteiger charge is 2.23. The molecule has 1 aliphatic heterocycles. The smallest absolute Gasteiger partial charge is 0.0196 e. The molecule has 0 amide bonds. The molecule has 1 fully saturated rings. The van der Waals surface area contributed by atoms with Crippen LogP contribution in [0.2, 0.25) is 0 Å². The van der Waals surface area contributed by atoms with E-state index in [9.17, 15) is 0 Å². The minimum atomic E-state index is 0. The first-order chi connectivity index (χ1) is 4.72. The van der Waals surface area contributed by atoms with Gasteiger partial charge in [-0.25, -0.2) is 0 Å². The van der Waals surface area contributed by atoms with Crippen LogP contribution in [-0.2, 0) is 0 Å². The number of piperidine rings is 1. The first-order valence-electron chi connectivity index (χ1n) is 4.18. The summed E-state index contributed by atoms with van der Waals surface area (Å²) >= 11 is 0. The van der Waals surface area contributed by atoms with Crippen LogP contribution in [0.1, 0.15) is 20.3 Å². The Bertz CT molecular complexity index is 106. The van der Waals surface area contributed by atoms with Gasteiger partial charge in [0.1, 0.15) is 0 Å². The van der Waals surface area contributed by atoms with E-state index in [0.717, 1.165) is 24.9 Å². The number of nitrogens with two attached hydrogens (primary N) is 1. The van der Waals surface area contributed by atoms with Crippen molar-refractivity contribution in [2.75, 3.05) is 13.1 Å². The number of hydrogen-bond donors (Lipinski definition) is 2. The van der Waals surface area contributed by atoms with Crippen molar-refractivity contribution in [3.05, 3.63) is 0 Å². The van der Waals surface area contributed by atoms with Gasteiger partial charge in [0, 0.05) is 12.6 Å². The average molecular weight is 179 g/mol. The largest absolute Gasteiger partial charge is 0.326 e. The van der Waals surface area contributed by atoms with Crippen LogP contribution in [0.25, 0.3) is 0 Å². The van der Waals surface area contributed by atoms with E-state index in [2.05, 4.69) is 19.2 Å². The summed E-state index contributed by atoms with van der Waals surface area (Å²) in [5, 5.41) is 3.29. The Morgan fingerprint density at radius 1 is 1.45 bits per heavy atom. The van der Waals surface area contributed by atoms with Gasteiger partial charge in [0.15, 0.2) is 0 Å². The molecule has 68 valence electrons. The molecule has 1 aliphatic rings. The van der Waals surface area contributed by atoms with E-state index in [0.29, 0.717) is 6.04 Å². The Labute approximate surface area is 75.3 Å². The Balaban J connectivity index is 0.000001000. The molecule has 1 saturated heterocycles. The highest BCUT2D eigenvalue weighted by molar-refractivity contribution is 5.85. The van der Waals surface area contributed by atoms with Crippen LogP contribution in [-0.4, -0.2) is 19.1 Å². The number of halogens is 1. The number of nitrogens with one attached hydrogen (secondary N) is 1. The van der Waals surface area contributed by atoms with Crippen LogP contribution in [0, 0.1) is 11.8 Å². The molecule has 0 aromatic heterocycles. The second kappa shape index (κ2) is 4.96. The molecule has 0 saturated carbocycles. The molecule has 3 N–H and O–H groups in total. The fraction of sp³-hybridized carbons (Fsp3) is 1.00. The standard InChI is InChI=1S/C8H18N2.ClH/c1-6(2)7-3-4-10-5-8(7)9;/h6-8,10H,3-5,9H2,1-2H3;1H. The predicted octanol–water partition coefficient (Wildman–Crippen LogP) is 1.00. The highest BCUT2D eigenvalue weighted by atomic mass is 35.5. The first kappa shape index (κ1) is 11.2. The molecule has 0 aromatic carbocycles. The molecule has 0 spiro atoms. The second-order valence-corrected chi connectivity index (χ2v) is 3.56. The maximum atomic E-state index is 5.92. The van der Waals surface area contributed by atoms with Crippen molar-refractivity contribution in [3.8, 4) is 0 Å². The lowest BCUT2D eigenvalue weighted by Gasteiger charge is -2.32. The minimum absolute atomic E-state index is 0. The lowest BCUT2D eigenvalue weighted by Crippen LogP contribution is -2.47. The van der Waals surface area contributed by atoms with Crippen molar-refractivity contribution in [2.24, 2.45) is 17.6 Å². The van der Waals surface area contributed by atoms with Gasteiger partial charge in [0.05, 0.1) is 0 Å². The van der Waals surface area contributed by atoms with Crippen LogP contribution in [0.3, 0.4) is 0 Å². The third-order valence-corrected chi connectivity index (χ3v) is 2.44. The van der Waals surface area contributed by atoms with Gasteiger partial charge in [-0.15, -0.1) is 12.4 Å². The molecular formula is C8H19ClN2. The maximum Gasteiger partial charge on any atom is 0.0196 e. The van der Waals surface area contributed by atoms with E-state index in [1.807, 2.05) is 0 Å². The van der Waals surface area contributed by atoms with E-state index in [1.165, 1.54) is 6.42 Å².